The Bertz CT molecular complexity index is 1210. The lowest BCUT2D eigenvalue weighted by Gasteiger charge is -2.34. The first-order valence-corrected chi connectivity index (χ1v) is 11.1. The lowest BCUT2D eigenvalue weighted by molar-refractivity contribution is -0.127. The van der Waals surface area contributed by atoms with Gasteiger partial charge in [0.25, 0.3) is 17.6 Å². The lowest BCUT2D eigenvalue weighted by Crippen LogP contribution is -2.52. The zero-order chi connectivity index (χ0) is 22.9. The van der Waals surface area contributed by atoms with E-state index in [1.807, 2.05) is 6.07 Å². The molecule has 5 rings (SSSR count). The number of benzene rings is 1. The largest absolute Gasteiger partial charge is 0.357 e. The van der Waals surface area contributed by atoms with E-state index in [9.17, 15) is 18.8 Å². The molecule has 8 nitrogen and oxygen atoms in total. The van der Waals surface area contributed by atoms with Gasteiger partial charge in [-0.15, -0.1) is 0 Å². The summed E-state index contributed by atoms with van der Waals surface area (Å²) in [5.74, 6) is -1.59. The Kier molecular flexibility index (Phi) is 5.53. The van der Waals surface area contributed by atoms with E-state index in [2.05, 4.69) is 14.9 Å². The van der Waals surface area contributed by atoms with Gasteiger partial charge in [0.2, 0.25) is 0 Å². The van der Waals surface area contributed by atoms with Crippen molar-refractivity contribution in [3.63, 3.8) is 0 Å². The molecule has 2 fully saturated rings. The van der Waals surface area contributed by atoms with Gasteiger partial charge < -0.3 is 19.7 Å². The zero-order valence-electron chi connectivity index (χ0n) is 18.1. The predicted octanol–water partition coefficient (Wildman–Crippen LogP) is 2.47. The standard InChI is InChI=1S/C24H24FN5O3/c25-18-15-27-22(28-8-4-5-9-28)20-19(18)17(14-26-20)21(31)24(33)30-12-10-29(11-13-30)23(32)16-6-2-1-3-7-16/h1-3,6-7,14-15,26H,4-5,8-13H2. The average molecular weight is 449 g/mol. The Labute approximate surface area is 190 Å². The van der Waals surface area contributed by atoms with Crippen LogP contribution in [0.5, 0.6) is 0 Å². The number of fused-ring (bicyclic) bond motifs is 1. The highest BCUT2D eigenvalue weighted by atomic mass is 19.1. The summed E-state index contributed by atoms with van der Waals surface area (Å²) in [5.41, 5.74) is 1.04. The summed E-state index contributed by atoms with van der Waals surface area (Å²) in [6, 6.07) is 8.95. The first kappa shape index (κ1) is 21.1. The quantitative estimate of drug-likeness (QED) is 0.488. The van der Waals surface area contributed by atoms with Gasteiger partial charge in [-0.3, -0.25) is 14.4 Å². The third-order valence-electron chi connectivity index (χ3n) is 6.36. The van der Waals surface area contributed by atoms with E-state index in [4.69, 9.17) is 0 Å². The molecule has 0 aliphatic carbocycles. The molecular formula is C24H24FN5O3. The molecule has 1 N–H and O–H groups in total. The number of hydrogen-bond donors (Lipinski definition) is 1. The van der Waals surface area contributed by atoms with Gasteiger partial charge >= 0.3 is 0 Å². The minimum absolute atomic E-state index is 0.0122. The number of hydrogen-bond acceptors (Lipinski definition) is 5. The van der Waals surface area contributed by atoms with E-state index in [0.717, 1.165) is 32.1 Å². The number of anilines is 1. The number of pyridine rings is 1. The molecule has 0 unspecified atom stereocenters. The first-order chi connectivity index (χ1) is 16.0. The fourth-order valence-electron chi connectivity index (χ4n) is 4.58. The number of carbonyl (C=O) groups excluding carboxylic acids is 3. The summed E-state index contributed by atoms with van der Waals surface area (Å²) >= 11 is 0. The molecule has 2 aliphatic heterocycles. The van der Waals surface area contributed by atoms with Gasteiger partial charge in [-0.05, 0) is 25.0 Å². The van der Waals surface area contributed by atoms with Crippen LogP contribution in [-0.4, -0.2) is 76.6 Å². The highest BCUT2D eigenvalue weighted by Gasteiger charge is 2.31. The fraction of sp³-hybridized carbons (Fsp3) is 0.333. The summed E-state index contributed by atoms with van der Waals surface area (Å²) in [6.07, 6.45) is 4.57. The summed E-state index contributed by atoms with van der Waals surface area (Å²) in [4.78, 5) is 51.0. The molecule has 0 saturated carbocycles. The van der Waals surface area contributed by atoms with Crippen LogP contribution in [0.3, 0.4) is 0 Å². The summed E-state index contributed by atoms with van der Waals surface area (Å²) < 4.78 is 14.7. The first-order valence-electron chi connectivity index (χ1n) is 11.1. The Morgan fingerprint density at radius 3 is 2.27 bits per heavy atom. The Balaban J connectivity index is 1.32. The number of aromatic nitrogens is 2. The molecule has 170 valence electrons. The van der Waals surface area contributed by atoms with Crippen LogP contribution in [-0.2, 0) is 4.79 Å². The smallest absolute Gasteiger partial charge is 0.295 e. The van der Waals surface area contributed by atoms with Crippen molar-refractivity contribution in [1.29, 1.82) is 0 Å². The van der Waals surface area contributed by atoms with Crippen molar-refractivity contribution < 1.29 is 18.8 Å². The number of rotatable bonds is 4. The van der Waals surface area contributed by atoms with Gasteiger partial charge in [-0.25, -0.2) is 9.37 Å². The number of ketones is 1. The van der Waals surface area contributed by atoms with Crippen LogP contribution in [0.2, 0.25) is 0 Å². The van der Waals surface area contributed by atoms with Crippen LogP contribution in [0.4, 0.5) is 10.2 Å². The second kappa shape index (κ2) is 8.65. The molecule has 2 amide bonds. The SMILES string of the molecule is O=C(C(=O)N1CCN(C(=O)c2ccccc2)CC1)c1c[nH]c2c(N3CCCC3)ncc(F)c12. The molecule has 2 aromatic heterocycles. The Hall–Kier alpha value is -3.75. The molecule has 0 spiro atoms. The van der Waals surface area contributed by atoms with Crippen molar-refractivity contribution in [2.24, 2.45) is 0 Å². The molecule has 0 atom stereocenters. The number of H-pyrrole nitrogens is 1. The Morgan fingerprint density at radius 1 is 0.909 bits per heavy atom. The maximum atomic E-state index is 14.7. The number of amides is 2. The van der Waals surface area contributed by atoms with Crippen molar-refractivity contribution >= 4 is 34.3 Å². The van der Waals surface area contributed by atoms with Crippen molar-refractivity contribution in [3.05, 3.63) is 59.7 Å². The minimum Gasteiger partial charge on any atom is -0.357 e. The van der Waals surface area contributed by atoms with Gasteiger partial charge in [-0.1, -0.05) is 18.2 Å². The topological polar surface area (TPSA) is 89.6 Å². The van der Waals surface area contributed by atoms with Gasteiger partial charge in [0.05, 0.1) is 22.7 Å². The molecular weight excluding hydrogens is 425 g/mol. The van der Waals surface area contributed by atoms with Gasteiger partial charge in [0.1, 0.15) is 0 Å². The van der Waals surface area contributed by atoms with Gasteiger partial charge in [0, 0.05) is 51.0 Å². The fourth-order valence-corrected chi connectivity index (χ4v) is 4.58. The lowest BCUT2D eigenvalue weighted by atomic mass is 10.1. The molecule has 33 heavy (non-hydrogen) atoms. The number of nitrogens with zero attached hydrogens (tertiary/aromatic N) is 4. The highest BCUT2D eigenvalue weighted by Crippen LogP contribution is 2.31. The van der Waals surface area contributed by atoms with E-state index in [0.29, 0.717) is 30.0 Å². The van der Waals surface area contributed by atoms with Crippen LogP contribution in [0.15, 0.2) is 42.7 Å². The Morgan fingerprint density at radius 2 is 1.58 bits per heavy atom. The third kappa shape index (κ3) is 3.83. The van der Waals surface area contributed by atoms with Crippen LogP contribution >= 0.6 is 0 Å². The summed E-state index contributed by atoms with van der Waals surface area (Å²) in [7, 11) is 0. The number of Topliss-reactive ketones (excluding diaryl/α,β-unsaturated/α-hetero) is 1. The van der Waals surface area contributed by atoms with E-state index in [-0.39, 0.29) is 29.9 Å². The third-order valence-corrected chi connectivity index (χ3v) is 6.36. The van der Waals surface area contributed by atoms with Crippen LogP contribution in [0.1, 0.15) is 33.6 Å². The normalized spacial score (nSPS) is 16.5. The average Bonchev–Trinajstić information content (AvgIpc) is 3.55. The van der Waals surface area contributed by atoms with Gasteiger partial charge in [0.15, 0.2) is 11.6 Å². The number of aromatic amines is 1. The maximum absolute atomic E-state index is 14.7. The van der Waals surface area contributed by atoms with Crippen molar-refractivity contribution in [3.8, 4) is 0 Å². The number of carbonyl (C=O) groups is 3. The number of piperazine rings is 1. The van der Waals surface area contributed by atoms with E-state index >= 15 is 0 Å². The van der Waals surface area contributed by atoms with Crippen molar-refractivity contribution in [2.75, 3.05) is 44.2 Å². The molecule has 4 heterocycles. The van der Waals surface area contributed by atoms with E-state index < -0.39 is 17.5 Å². The monoisotopic (exact) mass is 449 g/mol. The van der Waals surface area contributed by atoms with Crippen molar-refractivity contribution in [2.45, 2.75) is 12.8 Å². The number of halogens is 1. The highest BCUT2D eigenvalue weighted by molar-refractivity contribution is 6.45. The summed E-state index contributed by atoms with van der Waals surface area (Å²) in [6.45, 7) is 2.79. The summed E-state index contributed by atoms with van der Waals surface area (Å²) in [5, 5.41) is 0.100. The molecule has 9 heteroatoms. The predicted molar refractivity (Wildman–Crippen MR) is 121 cm³/mol. The second-order valence-electron chi connectivity index (χ2n) is 8.36. The zero-order valence-corrected chi connectivity index (χ0v) is 18.1. The molecule has 3 aromatic rings. The molecule has 2 saturated heterocycles. The van der Waals surface area contributed by atoms with Crippen LogP contribution < -0.4 is 4.90 Å². The van der Waals surface area contributed by atoms with Crippen LogP contribution in [0.25, 0.3) is 10.9 Å². The number of nitrogens with one attached hydrogen (secondary N) is 1. The van der Waals surface area contributed by atoms with Crippen LogP contribution in [0, 0.1) is 5.82 Å². The second-order valence-corrected chi connectivity index (χ2v) is 8.36. The van der Waals surface area contributed by atoms with E-state index in [1.165, 1.54) is 11.1 Å². The van der Waals surface area contributed by atoms with Crippen molar-refractivity contribution in [1.82, 2.24) is 19.8 Å². The molecule has 0 radical (unpaired) electrons. The molecule has 0 bridgehead atoms. The van der Waals surface area contributed by atoms with Gasteiger partial charge in [-0.2, -0.15) is 0 Å². The minimum atomic E-state index is -0.762. The maximum Gasteiger partial charge on any atom is 0.295 e. The van der Waals surface area contributed by atoms with E-state index in [1.54, 1.807) is 29.2 Å². The molecule has 2 aliphatic rings. The molecule has 1 aromatic carbocycles.